The Labute approximate surface area is 162 Å². The number of carbonyl (C=O) groups excluding carboxylic acids is 1. The highest BCUT2D eigenvalue weighted by Gasteiger charge is 2.23. The Hall–Kier alpha value is -2.18. The molecule has 6 heteroatoms. The molecule has 1 amide bonds. The molecule has 2 heterocycles. The molecule has 0 radical (unpaired) electrons. The number of aromatic nitrogens is 2. The molecular formula is C20H21N3OS2. The normalized spacial score (nSPS) is 12.1. The smallest absolute Gasteiger partial charge is 0.239 e. The molecule has 0 aliphatic heterocycles. The van der Waals surface area contributed by atoms with Crippen LogP contribution in [0, 0.1) is 5.92 Å². The minimum absolute atomic E-state index is 0.00742. The predicted octanol–water partition coefficient (Wildman–Crippen LogP) is 5.10. The van der Waals surface area contributed by atoms with Crippen LogP contribution in [0.5, 0.6) is 0 Å². The number of carbonyl (C=O) groups is 1. The number of benzene rings is 1. The first-order chi connectivity index (χ1) is 12.6. The van der Waals surface area contributed by atoms with Crippen molar-refractivity contribution in [1.82, 2.24) is 9.97 Å². The molecule has 0 bridgehead atoms. The molecule has 0 fully saturated rings. The zero-order valence-electron chi connectivity index (χ0n) is 14.8. The SMILES string of the molecule is CC(C)C(SCc1ccccc1)C(=O)Nc1nc(-c2cccnc2)cs1. The van der Waals surface area contributed by atoms with E-state index in [1.165, 1.54) is 16.9 Å². The van der Waals surface area contributed by atoms with Gasteiger partial charge in [-0.15, -0.1) is 23.1 Å². The highest BCUT2D eigenvalue weighted by Crippen LogP contribution is 2.28. The van der Waals surface area contributed by atoms with E-state index in [-0.39, 0.29) is 17.1 Å². The molecule has 1 unspecified atom stereocenters. The zero-order chi connectivity index (χ0) is 18.4. The summed E-state index contributed by atoms with van der Waals surface area (Å²) in [5.74, 6) is 1.06. The number of nitrogens with zero attached hydrogens (tertiary/aromatic N) is 2. The second-order valence-electron chi connectivity index (χ2n) is 6.23. The number of amides is 1. The van der Waals surface area contributed by atoms with Crippen molar-refractivity contribution in [2.24, 2.45) is 5.92 Å². The maximum atomic E-state index is 12.7. The van der Waals surface area contributed by atoms with Crippen molar-refractivity contribution in [3.05, 3.63) is 65.8 Å². The number of pyridine rings is 1. The Morgan fingerprint density at radius 3 is 2.69 bits per heavy atom. The van der Waals surface area contributed by atoms with Crippen molar-refractivity contribution in [2.75, 3.05) is 5.32 Å². The van der Waals surface area contributed by atoms with E-state index in [0.29, 0.717) is 5.13 Å². The highest BCUT2D eigenvalue weighted by molar-refractivity contribution is 7.99. The van der Waals surface area contributed by atoms with Crippen molar-refractivity contribution in [3.8, 4) is 11.3 Å². The average molecular weight is 384 g/mol. The molecule has 0 aliphatic rings. The summed E-state index contributed by atoms with van der Waals surface area (Å²) in [5, 5.41) is 5.42. The summed E-state index contributed by atoms with van der Waals surface area (Å²) in [4.78, 5) is 21.4. The molecule has 0 saturated heterocycles. The van der Waals surface area contributed by atoms with Gasteiger partial charge >= 0.3 is 0 Å². The summed E-state index contributed by atoms with van der Waals surface area (Å²) < 4.78 is 0. The van der Waals surface area contributed by atoms with Crippen LogP contribution in [0.2, 0.25) is 0 Å². The molecule has 1 atom stereocenters. The summed E-state index contributed by atoms with van der Waals surface area (Å²) in [6.45, 7) is 4.15. The van der Waals surface area contributed by atoms with Gasteiger partial charge in [-0.25, -0.2) is 4.98 Å². The fourth-order valence-corrected chi connectivity index (χ4v) is 4.37. The molecule has 134 valence electrons. The summed E-state index contributed by atoms with van der Waals surface area (Å²) >= 11 is 3.10. The highest BCUT2D eigenvalue weighted by atomic mass is 32.2. The monoisotopic (exact) mass is 383 g/mol. The van der Waals surface area contributed by atoms with Crippen molar-refractivity contribution < 1.29 is 4.79 Å². The fourth-order valence-electron chi connectivity index (χ4n) is 2.49. The Balaban J connectivity index is 1.64. The van der Waals surface area contributed by atoms with Gasteiger partial charge in [-0.1, -0.05) is 44.2 Å². The minimum Gasteiger partial charge on any atom is -0.301 e. The maximum Gasteiger partial charge on any atom is 0.239 e. The van der Waals surface area contributed by atoms with Gasteiger partial charge in [0.15, 0.2) is 5.13 Å². The number of thioether (sulfide) groups is 1. The fraction of sp³-hybridized carbons (Fsp3) is 0.250. The summed E-state index contributed by atoms with van der Waals surface area (Å²) in [6.07, 6.45) is 3.50. The zero-order valence-corrected chi connectivity index (χ0v) is 16.4. The van der Waals surface area contributed by atoms with E-state index in [1.54, 1.807) is 24.2 Å². The standard InChI is InChI=1S/C20H21N3OS2/c1-14(2)18(25-12-15-7-4-3-5-8-15)19(24)23-20-22-17(13-26-20)16-9-6-10-21-11-16/h3-11,13-14,18H,12H2,1-2H3,(H,22,23,24). The van der Waals surface area contributed by atoms with Gasteiger partial charge in [0.25, 0.3) is 0 Å². The third-order valence-corrected chi connectivity index (χ3v) is 6.20. The molecular weight excluding hydrogens is 362 g/mol. The topological polar surface area (TPSA) is 54.9 Å². The molecule has 0 aliphatic carbocycles. The largest absolute Gasteiger partial charge is 0.301 e. The average Bonchev–Trinajstić information content (AvgIpc) is 3.11. The van der Waals surface area contributed by atoms with Gasteiger partial charge in [0, 0.05) is 29.1 Å². The number of hydrogen-bond donors (Lipinski definition) is 1. The van der Waals surface area contributed by atoms with Crippen LogP contribution in [-0.2, 0) is 10.5 Å². The summed E-state index contributed by atoms with van der Waals surface area (Å²) in [5.41, 5.74) is 3.00. The lowest BCUT2D eigenvalue weighted by molar-refractivity contribution is -0.116. The predicted molar refractivity (Wildman–Crippen MR) is 110 cm³/mol. The number of nitrogens with one attached hydrogen (secondary N) is 1. The minimum atomic E-state index is -0.124. The third-order valence-electron chi connectivity index (χ3n) is 3.83. The van der Waals surface area contributed by atoms with Crippen LogP contribution in [-0.4, -0.2) is 21.1 Å². The molecule has 0 spiro atoms. The van der Waals surface area contributed by atoms with E-state index in [0.717, 1.165) is 17.0 Å². The lowest BCUT2D eigenvalue weighted by Gasteiger charge is -2.19. The van der Waals surface area contributed by atoms with Crippen molar-refractivity contribution >= 4 is 34.1 Å². The van der Waals surface area contributed by atoms with E-state index < -0.39 is 0 Å². The third kappa shape index (κ3) is 4.93. The van der Waals surface area contributed by atoms with Crippen LogP contribution in [0.25, 0.3) is 11.3 Å². The number of anilines is 1. The maximum absolute atomic E-state index is 12.7. The van der Waals surface area contributed by atoms with Crippen LogP contribution >= 0.6 is 23.1 Å². The van der Waals surface area contributed by atoms with Gasteiger partial charge in [0.05, 0.1) is 10.9 Å². The Morgan fingerprint density at radius 2 is 2.00 bits per heavy atom. The van der Waals surface area contributed by atoms with Crippen LogP contribution in [0.15, 0.2) is 60.2 Å². The molecule has 1 N–H and O–H groups in total. The van der Waals surface area contributed by atoms with Crippen molar-refractivity contribution in [2.45, 2.75) is 24.9 Å². The van der Waals surface area contributed by atoms with Gasteiger partial charge < -0.3 is 5.32 Å². The van der Waals surface area contributed by atoms with Crippen LogP contribution in [0.3, 0.4) is 0 Å². The van der Waals surface area contributed by atoms with Crippen LogP contribution < -0.4 is 5.32 Å². The Kier molecular flexibility index (Phi) is 6.41. The van der Waals surface area contributed by atoms with E-state index in [9.17, 15) is 4.79 Å². The molecule has 26 heavy (non-hydrogen) atoms. The van der Waals surface area contributed by atoms with Gasteiger partial charge in [0.1, 0.15) is 0 Å². The van der Waals surface area contributed by atoms with Gasteiger partial charge in [0.2, 0.25) is 5.91 Å². The van der Waals surface area contributed by atoms with E-state index in [2.05, 4.69) is 41.3 Å². The number of thiazole rings is 1. The van der Waals surface area contributed by atoms with Crippen molar-refractivity contribution in [3.63, 3.8) is 0 Å². The lowest BCUT2D eigenvalue weighted by Crippen LogP contribution is -2.29. The molecule has 0 saturated carbocycles. The molecule has 3 aromatic rings. The summed E-state index contributed by atoms with van der Waals surface area (Å²) in [7, 11) is 0. The van der Waals surface area contributed by atoms with Crippen LogP contribution in [0.1, 0.15) is 19.4 Å². The quantitative estimate of drug-likeness (QED) is 0.616. The second kappa shape index (κ2) is 8.96. The molecule has 3 rings (SSSR count). The molecule has 1 aromatic carbocycles. The Bertz CT molecular complexity index is 835. The van der Waals surface area contributed by atoms with Gasteiger partial charge in [-0.2, -0.15) is 0 Å². The molecule has 2 aromatic heterocycles. The van der Waals surface area contributed by atoms with E-state index >= 15 is 0 Å². The van der Waals surface area contributed by atoms with Crippen molar-refractivity contribution in [1.29, 1.82) is 0 Å². The van der Waals surface area contributed by atoms with Gasteiger partial charge in [-0.3, -0.25) is 9.78 Å². The van der Waals surface area contributed by atoms with Crippen LogP contribution in [0.4, 0.5) is 5.13 Å². The summed E-state index contributed by atoms with van der Waals surface area (Å²) in [6, 6.07) is 14.1. The van der Waals surface area contributed by atoms with Gasteiger partial charge in [-0.05, 0) is 23.6 Å². The number of hydrogen-bond acceptors (Lipinski definition) is 5. The van der Waals surface area contributed by atoms with E-state index in [4.69, 9.17) is 0 Å². The lowest BCUT2D eigenvalue weighted by atomic mass is 10.1. The molecule has 4 nitrogen and oxygen atoms in total. The Morgan fingerprint density at radius 1 is 1.19 bits per heavy atom. The first-order valence-corrected chi connectivity index (χ1v) is 10.4. The second-order valence-corrected chi connectivity index (χ2v) is 8.22. The first-order valence-electron chi connectivity index (χ1n) is 8.46. The van der Waals surface area contributed by atoms with E-state index in [1.807, 2.05) is 35.7 Å². The number of rotatable bonds is 7. The first kappa shape index (κ1) is 18.6.